The number of unbranched alkanes of at least 4 members (excludes halogenated alkanes) is 12. The van der Waals surface area contributed by atoms with Gasteiger partial charge < -0.3 is 10.4 Å². The Kier molecular flexibility index (Phi) is 18.0. The van der Waals surface area contributed by atoms with E-state index in [4.69, 9.17) is 5.11 Å². The SMILES string of the molecule is CCCCCCCCCCCCCCCNCCCC(=O)O. The lowest BCUT2D eigenvalue weighted by Crippen LogP contribution is -2.17. The molecule has 0 aromatic heterocycles. The van der Waals surface area contributed by atoms with Gasteiger partial charge in [-0.15, -0.1) is 0 Å². The Morgan fingerprint density at radius 1 is 0.682 bits per heavy atom. The summed E-state index contributed by atoms with van der Waals surface area (Å²) in [5.74, 6) is -0.692. The third-order valence-corrected chi connectivity index (χ3v) is 4.20. The summed E-state index contributed by atoms with van der Waals surface area (Å²) < 4.78 is 0. The number of carbonyl (C=O) groups is 1. The fourth-order valence-corrected chi connectivity index (χ4v) is 2.76. The van der Waals surface area contributed by atoms with Gasteiger partial charge in [0.15, 0.2) is 0 Å². The van der Waals surface area contributed by atoms with Crippen LogP contribution in [-0.4, -0.2) is 24.2 Å². The molecular formula is C19H39NO2. The van der Waals surface area contributed by atoms with E-state index in [2.05, 4.69) is 12.2 Å². The first-order chi connectivity index (χ1) is 10.8. The molecule has 0 fully saturated rings. The normalized spacial score (nSPS) is 11.0. The van der Waals surface area contributed by atoms with Gasteiger partial charge >= 0.3 is 5.97 Å². The second kappa shape index (κ2) is 18.5. The van der Waals surface area contributed by atoms with E-state index in [0.717, 1.165) is 19.5 Å². The van der Waals surface area contributed by atoms with Crippen LogP contribution in [0.3, 0.4) is 0 Å². The van der Waals surface area contributed by atoms with Gasteiger partial charge in [0.05, 0.1) is 0 Å². The highest BCUT2D eigenvalue weighted by Gasteiger charge is 1.96. The Hall–Kier alpha value is -0.570. The Labute approximate surface area is 138 Å². The number of carboxylic acid groups (broad SMARTS) is 1. The van der Waals surface area contributed by atoms with Crippen LogP contribution in [0.1, 0.15) is 103 Å². The molecule has 0 aliphatic rings. The van der Waals surface area contributed by atoms with Crippen LogP contribution < -0.4 is 5.32 Å². The van der Waals surface area contributed by atoms with Crippen molar-refractivity contribution in [3.63, 3.8) is 0 Å². The number of nitrogens with one attached hydrogen (secondary N) is 1. The fourth-order valence-electron chi connectivity index (χ4n) is 2.76. The van der Waals surface area contributed by atoms with Crippen LogP contribution in [0.2, 0.25) is 0 Å². The molecule has 0 aliphatic heterocycles. The van der Waals surface area contributed by atoms with E-state index in [9.17, 15) is 4.79 Å². The Morgan fingerprint density at radius 3 is 1.55 bits per heavy atom. The molecule has 0 aliphatic carbocycles. The quantitative estimate of drug-likeness (QED) is 0.327. The van der Waals surface area contributed by atoms with Crippen molar-refractivity contribution in [1.29, 1.82) is 0 Å². The van der Waals surface area contributed by atoms with Crippen molar-refractivity contribution in [3.05, 3.63) is 0 Å². The van der Waals surface area contributed by atoms with Crippen molar-refractivity contribution in [2.45, 2.75) is 103 Å². The molecule has 0 aromatic carbocycles. The molecule has 0 atom stereocenters. The molecule has 0 rings (SSSR count). The number of rotatable bonds is 18. The highest BCUT2D eigenvalue weighted by Crippen LogP contribution is 2.12. The standard InChI is InChI=1S/C19H39NO2/c1-2-3-4-5-6-7-8-9-10-11-12-13-14-17-20-18-15-16-19(21)22/h20H,2-18H2,1H3,(H,21,22). The van der Waals surface area contributed by atoms with Crippen molar-refractivity contribution in [3.8, 4) is 0 Å². The van der Waals surface area contributed by atoms with Gasteiger partial charge in [-0.3, -0.25) is 4.79 Å². The van der Waals surface area contributed by atoms with Gasteiger partial charge in [-0.25, -0.2) is 0 Å². The lowest BCUT2D eigenvalue weighted by Gasteiger charge is -2.04. The number of aliphatic carboxylic acids is 1. The number of carboxylic acids is 1. The first-order valence-electron chi connectivity index (χ1n) is 9.70. The summed E-state index contributed by atoms with van der Waals surface area (Å²) in [5.41, 5.74) is 0. The van der Waals surface area contributed by atoms with Crippen LogP contribution in [0, 0.1) is 0 Å². The first-order valence-corrected chi connectivity index (χ1v) is 9.70. The predicted molar refractivity (Wildman–Crippen MR) is 95.4 cm³/mol. The van der Waals surface area contributed by atoms with Gasteiger partial charge in [0, 0.05) is 6.42 Å². The molecule has 0 saturated heterocycles. The highest BCUT2D eigenvalue weighted by atomic mass is 16.4. The van der Waals surface area contributed by atoms with E-state index in [1.807, 2.05) is 0 Å². The maximum Gasteiger partial charge on any atom is 0.303 e. The Morgan fingerprint density at radius 2 is 1.09 bits per heavy atom. The van der Waals surface area contributed by atoms with Crippen LogP contribution in [0.25, 0.3) is 0 Å². The third kappa shape index (κ3) is 19.4. The van der Waals surface area contributed by atoms with Crippen LogP contribution in [0.15, 0.2) is 0 Å². The molecule has 0 amide bonds. The summed E-state index contributed by atoms with van der Waals surface area (Å²) in [6.07, 6.45) is 19.0. The second-order valence-electron chi connectivity index (χ2n) is 6.49. The van der Waals surface area contributed by atoms with Crippen molar-refractivity contribution < 1.29 is 9.90 Å². The average Bonchev–Trinajstić information content (AvgIpc) is 2.50. The molecule has 132 valence electrons. The molecule has 3 nitrogen and oxygen atoms in total. The molecule has 0 aromatic rings. The zero-order valence-electron chi connectivity index (χ0n) is 14.9. The molecule has 0 heterocycles. The van der Waals surface area contributed by atoms with E-state index < -0.39 is 5.97 Å². The maximum atomic E-state index is 10.3. The molecule has 0 spiro atoms. The van der Waals surface area contributed by atoms with Gasteiger partial charge in [-0.2, -0.15) is 0 Å². The van der Waals surface area contributed by atoms with Crippen LogP contribution >= 0.6 is 0 Å². The van der Waals surface area contributed by atoms with Gasteiger partial charge in [0.2, 0.25) is 0 Å². The smallest absolute Gasteiger partial charge is 0.303 e. The minimum Gasteiger partial charge on any atom is -0.481 e. The minimum atomic E-state index is -0.692. The van der Waals surface area contributed by atoms with E-state index in [-0.39, 0.29) is 6.42 Å². The van der Waals surface area contributed by atoms with Gasteiger partial charge in [0.1, 0.15) is 0 Å². The van der Waals surface area contributed by atoms with Crippen molar-refractivity contribution in [2.24, 2.45) is 0 Å². The van der Waals surface area contributed by atoms with E-state index in [0.29, 0.717) is 0 Å². The predicted octanol–water partition coefficient (Wildman–Crippen LogP) is 5.53. The van der Waals surface area contributed by atoms with Crippen LogP contribution in [0.4, 0.5) is 0 Å². The average molecular weight is 314 g/mol. The van der Waals surface area contributed by atoms with Gasteiger partial charge in [-0.1, -0.05) is 84.0 Å². The largest absolute Gasteiger partial charge is 0.481 e. The lowest BCUT2D eigenvalue weighted by molar-refractivity contribution is -0.137. The minimum absolute atomic E-state index is 0.283. The Bertz CT molecular complexity index is 231. The molecule has 0 saturated carbocycles. The molecule has 0 unspecified atom stereocenters. The van der Waals surface area contributed by atoms with Crippen LogP contribution in [-0.2, 0) is 4.79 Å². The highest BCUT2D eigenvalue weighted by molar-refractivity contribution is 5.66. The molecular weight excluding hydrogens is 274 g/mol. The molecule has 2 N–H and O–H groups in total. The lowest BCUT2D eigenvalue weighted by atomic mass is 10.0. The van der Waals surface area contributed by atoms with Gasteiger partial charge in [-0.05, 0) is 25.9 Å². The van der Waals surface area contributed by atoms with E-state index in [1.165, 1.54) is 83.5 Å². The maximum absolute atomic E-state index is 10.3. The summed E-state index contributed by atoms with van der Waals surface area (Å²) in [4.78, 5) is 10.3. The van der Waals surface area contributed by atoms with Gasteiger partial charge in [0.25, 0.3) is 0 Å². The Balaban J connectivity index is 2.95. The first kappa shape index (κ1) is 21.4. The molecule has 22 heavy (non-hydrogen) atoms. The summed E-state index contributed by atoms with van der Waals surface area (Å²) in [5, 5.41) is 11.8. The molecule has 0 bridgehead atoms. The van der Waals surface area contributed by atoms with E-state index in [1.54, 1.807) is 0 Å². The van der Waals surface area contributed by atoms with Crippen molar-refractivity contribution in [2.75, 3.05) is 13.1 Å². The number of hydrogen-bond donors (Lipinski definition) is 2. The van der Waals surface area contributed by atoms with Crippen LogP contribution in [0.5, 0.6) is 0 Å². The topological polar surface area (TPSA) is 49.3 Å². The summed E-state index contributed by atoms with van der Waals surface area (Å²) in [6, 6.07) is 0. The summed E-state index contributed by atoms with van der Waals surface area (Å²) >= 11 is 0. The summed E-state index contributed by atoms with van der Waals surface area (Å²) in [7, 11) is 0. The second-order valence-corrected chi connectivity index (χ2v) is 6.49. The monoisotopic (exact) mass is 313 g/mol. The third-order valence-electron chi connectivity index (χ3n) is 4.20. The molecule has 3 heteroatoms. The van der Waals surface area contributed by atoms with Crippen molar-refractivity contribution >= 4 is 5.97 Å². The summed E-state index contributed by atoms with van der Waals surface area (Å²) in [6.45, 7) is 4.15. The number of hydrogen-bond acceptors (Lipinski definition) is 2. The fraction of sp³-hybridized carbons (Fsp3) is 0.947. The van der Waals surface area contributed by atoms with Crippen molar-refractivity contribution in [1.82, 2.24) is 5.32 Å². The van der Waals surface area contributed by atoms with E-state index >= 15 is 0 Å². The zero-order chi connectivity index (χ0) is 16.3. The molecule has 0 radical (unpaired) electrons. The zero-order valence-corrected chi connectivity index (χ0v) is 14.9.